The summed E-state index contributed by atoms with van der Waals surface area (Å²) in [4.78, 5) is 38.7. The predicted octanol–water partition coefficient (Wildman–Crippen LogP) is 1.50. The number of carboxylic acids is 1. The van der Waals surface area contributed by atoms with Crippen molar-refractivity contribution in [3.05, 3.63) is 21.9 Å². The number of hydrogen-bond donors (Lipinski definition) is 2. The van der Waals surface area contributed by atoms with E-state index >= 15 is 0 Å². The van der Waals surface area contributed by atoms with E-state index in [1.54, 1.807) is 4.90 Å². The number of nitrogens with zero attached hydrogens (tertiary/aromatic N) is 1. The third-order valence-corrected chi connectivity index (χ3v) is 5.53. The number of hydrogen-bond acceptors (Lipinski definition) is 4. The predicted molar refractivity (Wildman–Crippen MR) is 85.4 cm³/mol. The van der Waals surface area contributed by atoms with Crippen LogP contribution in [0.15, 0.2) is 12.1 Å². The average Bonchev–Trinajstić information content (AvgIpc) is 3.22. The molecule has 1 aliphatic carbocycles. The number of thiophene rings is 1. The van der Waals surface area contributed by atoms with Crippen LogP contribution < -0.4 is 5.32 Å². The lowest BCUT2D eigenvalue weighted by Gasteiger charge is -2.32. The van der Waals surface area contributed by atoms with Crippen LogP contribution in [0.5, 0.6) is 0 Å². The third-order valence-electron chi connectivity index (χ3n) is 4.53. The Morgan fingerprint density at radius 3 is 2.43 bits per heavy atom. The Balaban J connectivity index is 1.46. The summed E-state index contributed by atoms with van der Waals surface area (Å²) in [5.74, 6) is -1.82. The second-order valence-electron chi connectivity index (χ2n) is 6.27. The molecule has 2 heterocycles. The van der Waals surface area contributed by atoms with Gasteiger partial charge in [0.15, 0.2) is 0 Å². The van der Waals surface area contributed by atoms with E-state index in [0.29, 0.717) is 37.2 Å². The molecule has 124 valence electrons. The van der Waals surface area contributed by atoms with Gasteiger partial charge in [0.25, 0.3) is 5.91 Å². The lowest BCUT2D eigenvalue weighted by atomic mass is 10.0. The zero-order valence-corrected chi connectivity index (χ0v) is 13.8. The van der Waals surface area contributed by atoms with Gasteiger partial charge in [-0.05, 0) is 38.3 Å². The number of amides is 2. The van der Waals surface area contributed by atoms with Crippen LogP contribution in [0.3, 0.4) is 0 Å². The van der Waals surface area contributed by atoms with Crippen molar-refractivity contribution in [1.29, 1.82) is 0 Å². The zero-order valence-electron chi connectivity index (χ0n) is 12.9. The molecular weight excluding hydrogens is 316 g/mol. The van der Waals surface area contributed by atoms with Crippen molar-refractivity contribution in [1.82, 2.24) is 10.2 Å². The van der Waals surface area contributed by atoms with Gasteiger partial charge >= 0.3 is 5.97 Å². The van der Waals surface area contributed by atoms with Crippen LogP contribution in [0.2, 0.25) is 0 Å². The standard InChI is InChI=1S/C16H20N2O4S/c1-9-2-3-13(23-9)14(19)17-10-4-6-18(7-5-10)15(20)11-8-12(11)16(21)22/h2-3,10-12H,4-8H2,1H3,(H,17,19)(H,21,22). The first kappa shape index (κ1) is 16.0. The normalized spacial score (nSPS) is 24.3. The number of rotatable bonds is 4. The molecule has 7 heteroatoms. The van der Waals surface area contributed by atoms with Crippen LogP contribution in [-0.2, 0) is 9.59 Å². The van der Waals surface area contributed by atoms with Gasteiger partial charge in [0.1, 0.15) is 0 Å². The molecule has 2 atom stereocenters. The number of piperidine rings is 1. The smallest absolute Gasteiger partial charge is 0.307 e. The molecule has 2 aliphatic rings. The number of carbonyl (C=O) groups excluding carboxylic acids is 2. The van der Waals surface area contributed by atoms with Crippen molar-refractivity contribution in [2.24, 2.45) is 11.8 Å². The average molecular weight is 336 g/mol. The maximum atomic E-state index is 12.2. The van der Waals surface area contributed by atoms with Gasteiger partial charge < -0.3 is 15.3 Å². The topological polar surface area (TPSA) is 86.7 Å². The van der Waals surface area contributed by atoms with Gasteiger partial charge in [0, 0.05) is 24.0 Å². The fourth-order valence-electron chi connectivity index (χ4n) is 3.03. The van der Waals surface area contributed by atoms with Gasteiger partial charge in [0.2, 0.25) is 5.91 Å². The molecule has 1 saturated heterocycles. The minimum absolute atomic E-state index is 0.0453. The van der Waals surface area contributed by atoms with Gasteiger partial charge in [-0.15, -0.1) is 11.3 Å². The molecule has 1 aliphatic heterocycles. The summed E-state index contributed by atoms with van der Waals surface area (Å²) < 4.78 is 0. The van der Waals surface area contributed by atoms with E-state index in [-0.39, 0.29) is 23.8 Å². The van der Waals surface area contributed by atoms with Gasteiger partial charge in [-0.25, -0.2) is 0 Å². The molecule has 1 aromatic rings. The van der Waals surface area contributed by atoms with E-state index in [2.05, 4.69) is 5.32 Å². The van der Waals surface area contributed by atoms with Crippen molar-refractivity contribution in [2.75, 3.05) is 13.1 Å². The summed E-state index contributed by atoms with van der Waals surface area (Å²) in [6.45, 7) is 3.12. The van der Waals surface area contributed by atoms with Crippen LogP contribution >= 0.6 is 11.3 Å². The number of aliphatic carboxylic acids is 1. The Morgan fingerprint density at radius 1 is 1.22 bits per heavy atom. The van der Waals surface area contributed by atoms with E-state index < -0.39 is 11.9 Å². The van der Waals surface area contributed by atoms with Crippen LogP contribution in [0, 0.1) is 18.8 Å². The van der Waals surface area contributed by atoms with Crippen LogP contribution in [0.25, 0.3) is 0 Å². The van der Waals surface area contributed by atoms with Crippen LogP contribution in [-0.4, -0.2) is 46.9 Å². The molecule has 1 aromatic heterocycles. The van der Waals surface area contributed by atoms with Crippen molar-refractivity contribution in [3.63, 3.8) is 0 Å². The third kappa shape index (κ3) is 3.55. The molecule has 2 N–H and O–H groups in total. The molecule has 0 aromatic carbocycles. The first-order valence-electron chi connectivity index (χ1n) is 7.84. The lowest BCUT2D eigenvalue weighted by Crippen LogP contribution is -2.47. The van der Waals surface area contributed by atoms with Gasteiger partial charge in [-0.1, -0.05) is 0 Å². The number of carboxylic acid groups (broad SMARTS) is 1. The minimum Gasteiger partial charge on any atom is -0.481 e. The fraction of sp³-hybridized carbons (Fsp3) is 0.562. The van der Waals surface area contributed by atoms with E-state index in [1.807, 2.05) is 19.1 Å². The summed E-state index contributed by atoms with van der Waals surface area (Å²) in [6.07, 6.45) is 1.89. The molecular formula is C16H20N2O4S. The summed E-state index contributed by atoms with van der Waals surface area (Å²) in [6, 6.07) is 3.83. The number of aryl methyl sites for hydroxylation is 1. The van der Waals surface area contributed by atoms with E-state index in [0.717, 1.165) is 4.88 Å². The van der Waals surface area contributed by atoms with Crippen LogP contribution in [0.1, 0.15) is 33.8 Å². The summed E-state index contributed by atoms with van der Waals surface area (Å²) in [5.41, 5.74) is 0. The molecule has 2 amide bonds. The van der Waals surface area contributed by atoms with Gasteiger partial charge in [0.05, 0.1) is 16.7 Å². The molecule has 2 unspecified atom stereocenters. The van der Waals surface area contributed by atoms with Gasteiger partial charge in [-0.2, -0.15) is 0 Å². The Bertz CT molecular complexity index is 634. The fourth-order valence-corrected chi connectivity index (χ4v) is 3.80. The van der Waals surface area contributed by atoms with Crippen molar-refractivity contribution < 1.29 is 19.5 Å². The van der Waals surface area contributed by atoms with Crippen molar-refractivity contribution in [2.45, 2.75) is 32.2 Å². The quantitative estimate of drug-likeness (QED) is 0.872. The van der Waals surface area contributed by atoms with Gasteiger partial charge in [-0.3, -0.25) is 14.4 Å². The second-order valence-corrected chi connectivity index (χ2v) is 7.56. The number of nitrogens with one attached hydrogen (secondary N) is 1. The number of carbonyl (C=O) groups is 3. The molecule has 3 rings (SSSR count). The van der Waals surface area contributed by atoms with E-state index in [4.69, 9.17) is 5.11 Å². The Kier molecular flexibility index (Phi) is 4.39. The molecule has 0 radical (unpaired) electrons. The Morgan fingerprint density at radius 2 is 1.91 bits per heavy atom. The molecule has 23 heavy (non-hydrogen) atoms. The SMILES string of the molecule is Cc1ccc(C(=O)NC2CCN(C(=O)C3CC3C(=O)O)CC2)s1. The second kappa shape index (κ2) is 6.31. The molecule has 0 bridgehead atoms. The highest BCUT2D eigenvalue weighted by Gasteiger charge is 2.50. The summed E-state index contributed by atoms with van der Waals surface area (Å²) in [7, 11) is 0. The first-order chi connectivity index (χ1) is 11.0. The van der Waals surface area contributed by atoms with Crippen molar-refractivity contribution in [3.8, 4) is 0 Å². The lowest BCUT2D eigenvalue weighted by molar-refractivity contribution is -0.142. The summed E-state index contributed by atoms with van der Waals surface area (Å²) >= 11 is 1.47. The minimum atomic E-state index is -0.878. The molecule has 0 spiro atoms. The maximum absolute atomic E-state index is 12.2. The molecule has 6 nitrogen and oxygen atoms in total. The van der Waals surface area contributed by atoms with E-state index in [1.165, 1.54) is 11.3 Å². The monoisotopic (exact) mass is 336 g/mol. The zero-order chi connectivity index (χ0) is 16.6. The highest BCUT2D eigenvalue weighted by Crippen LogP contribution is 2.40. The van der Waals surface area contributed by atoms with E-state index in [9.17, 15) is 14.4 Å². The molecule has 1 saturated carbocycles. The highest BCUT2D eigenvalue weighted by atomic mass is 32.1. The highest BCUT2D eigenvalue weighted by molar-refractivity contribution is 7.13. The molecule has 2 fully saturated rings. The largest absolute Gasteiger partial charge is 0.481 e. The Labute approximate surface area is 138 Å². The first-order valence-corrected chi connectivity index (χ1v) is 8.66. The number of likely N-dealkylation sites (tertiary alicyclic amines) is 1. The summed E-state index contributed by atoms with van der Waals surface area (Å²) in [5, 5.41) is 11.9. The van der Waals surface area contributed by atoms with Crippen molar-refractivity contribution >= 4 is 29.1 Å². The van der Waals surface area contributed by atoms with Crippen LogP contribution in [0.4, 0.5) is 0 Å². The maximum Gasteiger partial charge on any atom is 0.307 e. The Hall–Kier alpha value is -1.89.